The van der Waals surface area contributed by atoms with Crippen molar-refractivity contribution in [3.05, 3.63) is 0 Å². The summed E-state index contributed by atoms with van der Waals surface area (Å²) >= 11 is 0. The van der Waals surface area contributed by atoms with Gasteiger partial charge in [-0.25, -0.2) is 0 Å². The number of hydrogen-bond donors (Lipinski definition) is 1. The Balaban J connectivity index is 2.29. The second-order valence-electron chi connectivity index (χ2n) is 5.17. The fraction of sp³-hybridized carbons (Fsp3) is 0.846. The second-order valence-corrected chi connectivity index (χ2v) is 5.17. The van der Waals surface area contributed by atoms with Crippen LogP contribution in [0.4, 0.5) is 0 Å². The summed E-state index contributed by atoms with van der Waals surface area (Å²) in [5, 5.41) is 8.65. The monoisotopic (exact) mass is 257 g/mol. The Morgan fingerprint density at radius 2 is 2.11 bits per heavy atom. The van der Waals surface area contributed by atoms with E-state index in [2.05, 4.69) is 0 Å². The molecule has 1 N–H and O–H groups in total. The summed E-state index contributed by atoms with van der Waals surface area (Å²) in [5.41, 5.74) is 0. The summed E-state index contributed by atoms with van der Waals surface area (Å²) in [7, 11) is 1.76. The van der Waals surface area contributed by atoms with Gasteiger partial charge in [0.1, 0.15) is 0 Å². The Kier molecular flexibility index (Phi) is 6.12. The molecular formula is C13H23NO4. The predicted molar refractivity (Wildman–Crippen MR) is 67.3 cm³/mol. The molecule has 5 nitrogen and oxygen atoms in total. The van der Waals surface area contributed by atoms with Crippen LogP contribution >= 0.6 is 0 Å². The SMILES string of the molecule is CC(CC(=O)O)CC(=O)N(C)CC1CCCCO1. The topological polar surface area (TPSA) is 66.8 Å². The van der Waals surface area contributed by atoms with Crippen LogP contribution in [0.2, 0.25) is 0 Å². The summed E-state index contributed by atoms with van der Waals surface area (Å²) in [5.74, 6) is -0.976. The van der Waals surface area contributed by atoms with Crippen molar-refractivity contribution >= 4 is 11.9 Å². The fourth-order valence-electron chi connectivity index (χ4n) is 2.18. The molecule has 1 heterocycles. The molecule has 18 heavy (non-hydrogen) atoms. The smallest absolute Gasteiger partial charge is 0.303 e. The lowest BCUT2D eigenvalue weighted by atomic mass is 10.0. The maximum Gasteiger partial charge on any atom is 0.303 e. The third kappa shape index (κ3) is 5.49. The van der Waals surface area contributed by atoms with Gasteiger partial charge in [-0.05, 0) is 25.2 Å². The van der Waals surface area contributed by atoms with Crippen LogP contribution in [0.5, 0.6) is 0 Å². The first kappa shape index (κ1) is 15.0. The highest BCUT2D eigenvalue weighted by Gasteiger charge is 2.20. The lowest BCUT2D eigenvalue weighted by molar-refractivity contribution is -0.138. The van der Waals surface area contributed by atoms with Crippen LogP contribution in [0.25, 0.3) is 0 Å². The van der Waals surface area contributed by atoms with Gasteiger partial charge in [-0.1, -0.05) is 6.92 Å². The number of carboxylic acid groups (broad SMARTS) is 1. The minimum atomic E-state index is -0.853. The number of hydrogen-bond acceptors (Lipinski definition) is 3. The van der Waals surface area contributed by atoms with Crippen LogP contribution in [0.3, 0.4) is 0 Å². The van der Waals surface area contributed by atoms with E-state index in [4.69, 9.17) is 9.84 Å². The predicted octanol–water partition coefficient (Wildman–Crippen LogP) is 1.51. The Hall–Kier alpha value is -1.10. The first-order chi connectivity index (χ1) is 8.49. The van der Waals surface area contributed by atoms with E-state index in [-0.39, 0.29) is 30.8 Å². The number of nitrogens with zero attached hydrogens (tertiary/aromatic N) is 1. The number of carbonyl (C=O) groups excluding carboxylic acids is 1. The van der Waals surface area contributed by atoms with E-state index in [0.29, 0.717) is 6.54 Å². The molecule has 0 aromatic rings. The molecule has 2 atom stereocenters. The fourth-order valence-corrected chi connectivity index (χ4v) is 2.18. The maximum absolute atomic E-state index is 11.9. The van der Waals surface area contributed by atoms with Crippen LogP contribution in [-0.2, 0) is 14.3 Å². The van der Waals surface area contributed by atoms with Gasteiger partial charge >= 0.3 is 5.97 Å². The van der Waals surface area contributed by atoms with Crippen molar-refractivity contribution in [1.29, 1.82) is 0 Å². The van der Waals surface area contributed by atoms with Gasteiger partial charge in [-0.2, -0.15) is 0 Å². The van der Waals surface area contributed by atoms with E-state index >= 15 is 0 Å². The minimum Gasteiger partial charge on any atom is -0.481 e. The average molecular weight is 257 g/mol. The average Bonchev–Trinajstić information content (AvgIpc) is 2.28. The van der Waals surface area contributed by atoms with E-state index in [1.807, 2.05) is 0 Å². The zero-order valence-electron chi connectivity index (χ0n) is 11.2. The van der Waals surface area contributed by atoms with Crippen molar-refractivity contribution in [2.75, 3.05) is 20.2 Å². The Morgan fingerprint density at radius 3 is 2.67 bits per heavy atom. The van der Waals surface area contributed by atoms with Gasteiger partial charge < -0.3 is 14.7 Å². The van der Waals surface area contributed by atoms with Crippen LogP contribution in [-0.4, -0.2) is 48.2 Å². The largest absolute Gasteiger partial charge is 0.481 e. The normalized spacial score (nSPS) is 21.3. The third-order valence-corrected chi connectivity index (χ3v) is 3.22. The number of likely N-dealkylation sites (N-methyl/N-ethyl adjacent to an activating group) is 1. The summed E-state index contributed by atoms with van der Waals surface area (Å²) in [6.07, 6.45) is 3.73. The van der Waals surface area contributed by atoms with Crippen LogP contribution in [0.1, 0.15) is 39.0 Å². The van der Waals surface area contributed by atoms with Crippen LogP contribution in [0.15, 0.2) is 0 Å². The maximum atomic E-state index is 11.9. The number of ether oxygens (including phenoxy) is 1. The van der Waals surface area contributed by atoms with Crippen molar-refractivity contribution < 1.29 is 19.4 Å². The lowest BCUT2D eigenvalue weighted by Gasteiger charge is -2.28. The second kappa shape index (κ2) is 7.36. The Labute approximate surface area is 108 Å². The number of rotatable bonds is 6. The van der Waals surface area contributed by atoms with Gasteiger partial charge in [0.15, 0.2) is 0 Å². The zero-order chi connectivity index (χ0) is 13.5. The highest BCUT2D eigenvalue weighted by Crippen LogP contribution is 2.15. The van der Waals surface area contributed by atoms with Crippen molar-refractivity contribution in [2.45, 2.75) is 45.1 Å². The molecule has 0 spiro atoms. The molecule has 5 heteroatoms. The van der Waals surface area contributed by atoms with Crippen molar-refractivity contribution in [1.82, 2.24) is 4.90 Å². The summed E-state index contributed by atoms with van der Waals surface area (Å²) in [6, 6.07) is 0. The standard InChI is InChI=1S/C13H23NO4/c1-10(8-13(16)17)7-12(15)14(2)9-11-5-3-4-6-18-11/h10-11H,3-9H2,1-2H3,(H,16,17). The molecule has 0 aliphatic carbocycles. The molecule has 0 saturated carbocycles. The molecule has 104 valence electrons. The van der Waals surface area contributed by atoms with Gasteiger partial charge in [0.25, 0.3) is 0 Å². The highest BCUT2D eigenvalue weighted by atomic mass is 16.5. The minimum absolute atomic E-state index is 0.00192. The molecule has 2 unspecified atom stereocenters. The number of aliphatic carboxylic acids is 1. The Bertz CT molecular complexity index is 287. The van der Waals surface area contributed by atoms with Crippen molar-refractivity contribution in [2.24, 2.45) is 5.92 Å². The van der Waals surface area contributed by atoms with Crippen molar-refractivity contribution in [3.8, 4) is 0 Å². The first-order valence-electron chi connectivity index (χ1n) is 6.56. The van der Waals surface area contributed by atoms with Gasteiger partial charge in [0.05, 0.1) is 6.10 Å². The van der Waals surface area contributed by atoms with E-state index in [1.165, 1.54) is 0 Å². The molecule has 1 saturated heterocycles. The summed E-state index contributed by atoms with van der Waals surface area (Å²) in [6.45, 7) is 3.18. The van der Waals surface area contributed by atoms with Gasteiger partial charge in [-0.15, -0.1) is 0 Å². The Morgan fingerprint density at radius 1 is 1.39 bits per heavy atom. The van der Waals surface area contributed by atoms with Crippen LogP contribution in [0, 0.1) is 5.92 Å². The summed E-state index contributed by atoms with van der Waals surface area (Å²) < 4.78 is 5.58. The van der Waals surface area contributed by atoms with E-state index < -0.39 is 5.97 Å². The number of amides is 1. The zero-order valence-corrected chi connectivity index (χ0v) is 11.2. The molecule has 0 radical (unpaired) electrons. The molecule has 1 aliphatic heterocycles. The molecule has 1 rings (SSSR count). The summed E-state index contributed by atoms with van der Waals surface area (Å²) in [4.78, 5) is 24.1. The van der Waals surface area contributed by atoms with Gasteiger partial charge in [0.2, 0.25) is 5.91 Å². The first-order valence-corrected chi connectivity index (χ1v) is 6.56. The number of carbonyl (C=O) groups is 2. The third-order valence-electron chi connectivity index (χ3n) is 3.22. The van der Waals surface area contributed by atoms with Gasteiger partial charge in [0, 0.05) is 33.0 Å². The van der Waals surface area contributed by atoms with Crippen LogP contribution < -0.4 is 0 Å². The van der Waals surface area contributed by atoms with E-state index in [9.17, 15) is 9.59 Å². The number of carboxylic acids is 1. The highest BCUT2D eigenvalue weighted by molar-refractivity contribution is 5.77. The van der Waals surface area contributed by atoms with E-state index in [0.717, 1.165) is 25.9 Å². The molecule has 0 aromatic carbocycles. The molecular weight excluding hydrogens is 234 g/mol. The lowest BCUT2D eigenvalue weighted by Crippen LogP contribution is -2.37. The quantitative estimate of drug-likeness (QED) is 0.783. The molecule has 1 aliphatic rings. The molecule has 0 aromatic heterocycles. The van der Waals surface area contributed by atoms with Gasteiger partial charge in [-0.3, -0.25) is 9.59 Å². The molecule has 1 fully saturated rings. The van der Waals surface area contributed by atoms with E-state index in [1.54, 1.807) is 18.9 Å². The van der Waals surface area contributed by atoms with Crippen molar-refractivity contribution in [3.63, 3.8) is 0 Å². The molecule has 1 amide bonds. The molecule has 0 bridgehead atoms.